The molecule has 0 fully saturated rings. The molecule has 1 nitrogen and oxygen atoms in total. The van der Waals surface area contributed by atoms with E-state index in [9.17, 15) is 0 Å². The number of hydrogen-bond donors (Lipinski definition) is 1. The minimum absolute atomic E-state index is 0.224. The van der Waals surface area contributed by atoms with Gasteiger partial charge in [0.1, 0.15) is 0 Å². The van der Waals surface area contributed by atoms with E-state index in [2.05, 4.69) is 13.5 Å². The van der Waals surface area contributed by atoms with Crippen molar-refractivity contribution in [1.29, 1.82) is 0 Å². The summed E-state index contributed by atoms with van der Waals surface area (Å²) in [6.07, 6.45) is 20.9. The molecule has 0 aliphatic carbocycles. The Labute approximate surface area is 134 Å². The molecule has 1 heteroatoms. The molecule has 0 saturated carbocycles. The summed E-state index contributed by atoms with van der Waals surface area (Å²) in [6.45, 7) is 8.24. The molecule has 1 unspecified atom stereocenters. The van der Waals surface area contributed by atoms with Crippen molar-refractivity contribution >= 4 is 0 Å². The van der Waals surface area contributed by atoms with Gasteiger partial charge < -0.3 is 5.73 Å². The first kappa shape index (κ1) is 20.7. The fraction of sp³-hybridized carbons (Fsp3) is 0.900. The van der Waals surface area contributed by atoms with E-state index in [0.717, 1.165) is 12.0 Å². The summed E-state index contributed by atoms with van der Waals surface area (Å²) in [7, 11) is 0. The van der Waals surface area contributed by atoms with E-state index in [0.29, 0.717) is 0 Å². The van der Waals surface area contributed by atoms with Crippen LogP contribution in [0, 0.1) is 0 Å². The maximum absolute atomic E-state index is 5.96. The molecule has 0 aromatic rings. The van der Waals surface area contributed by atoms with Gasteiger partial charge in [0.15, 0.2) is 0 Å². The Kier molecular flexibility index (Phi) is 15.8. The highest BCUT2D eigenvalue weighted by Gasteiger charge is 2.01. The molecule has 0 bridgehead atoms. The third-order valence-corrected chi connectivity index (χ3v) is 4.50. The highest BCUT2D eigenvalue weighted by molar-refractivity contribution is 4.99. The second kappa shape index (κ2) is 16.1. The lowest BCUT2D eigenvalue weighted by molar-refractivity contribution is 0.526. The first-order valence-electron chi connectivity index (χ1n) is 9.59. The summed E-state index contributed by atoms with van der Waals surface area (Å²) in [5, 5.41) is 0. The van der Waals surface area contributed by atoms with Crippen LogP contribution in [0.4, 0.5) is 0 Å². The lowest BCUT2D eigenvalue weighted by Gasteiger charge is -2.10. The molecule has 0 aliphatic rings. The van der Waals surface area contributed by atoms with Crippen molar-refractivity contribution in [3.05, 3.63) is 12.2 Å². The van der Waals surface area contributed by atoms with Gasteiger partial charge in [-0.05, 0) is 13.3 Å². The Hall–Kier alpha value is -0.300. The lowest BCUT2D eigenvalue weighted by Crippen LogP contribution is -2.20. The summed E-state index contributed by atoms with van der Waals surface area (Å²) in [6, 6.07) is 0.224. The molecule has 21 heavy (non-hydrogen) atoms. The highest BCUT2D eigenvalue weighted by Crippen LogP contribution is 2.14. The largest absolute Gasteiger partial charge is 0.324 e. The van der Waals surface area contributed by atoms with E-state index in [1.165, 1.54) is 89.9 Å². The molecule has 0 aromatic heterocycles. The maximum atomic E-state index is 5.96. The summed E-state index contributed by atoms with van der Waals surface area (Å²) < 4.78 is 0. The second-order valence-electron chi connectivity index (χ2n) is 6.84. The van der Waals surface area contributed by atoms with Crippen LogP contribution >= 0.6 is 0 Å². The van der Waals surface area contributed by atoms with Crippen LogP contribution in [-0.4, -0.2) is 6.04 Å². The van der Waals surface area contributed by atoms with Crippen LogP contribution in [-0.2, 0) is 0 Å². The Morgan fingerprint density at radius 2 is 1.05 bits per heavy atom. The number of nitrogens with two attached hydrogens (primary N) is 1. The van der Waals surface area contributed by atoms with Gasteiger partial charge in [-0.1, -0.05) is 109 Å². The smallest absolute Gasteiger partial charge is 0.0248 e. The summed E-state index contributed by atoms with van der Waals surface area (Å²) in [5.74, 6) is 0. The van der Waals surface area contributed by atoms with Gasteiger partial charge >= 0.3 is 0 Å². The molecular weight excluding hydrogens is 254 g/mol. The molecule has 0 radical (unpaired) electrons. The van der Waals surface area contributed by atoms with Gasteiger partial charge in [0.05, 0.1) is 0 Å². The standard InChI is InChI=1S/C20H41N/c1-4-5-6-7-8-9-10-11-12-13-14-15-16-17-18-20(21)19(2)3/h20H,2,4-18,21H2,1,3H3. The zero-order chi connectivity index (χ0) is 15.8. The van der Waals surface area contributed by atoms with Crippen molar-refractivity contribution < 1.29 is 0 Å². The van der Waals surface area contributed by atoms with Crippen LogP contribution in [0.2, 0.25) is 0 Å². The second-order valence-corrected chi connectivity index (χ2v) is 6.84. The predicted molar refractivity (Wildman–Crippen MR) is 97.7 cm³/mol. The first-order valence-corrected chi connectivity index (χ1v) is 9.59. The van der Waals surface area contributed by atoms with Gasteiger partial charge in [0.25, 0.3) is 0 Å². The summed E-state index contributed by atoms with van der Waals surface area (Å²) in [5.41, 5.74) is 7.09. The maximum Gasteiger partial charge on any atom is 0.0248 e. The topological polar surface area (TPSA) is 26.0 Å². The average molecular weight is 296 g/mol. The number of hydrogen-bond acceptors (Lipinski definition) is 1. The highest BCUT2D eigenvalue weighted by atomic mass is 14.6. The number of unbranched alkanes of at least 4 members (excludes halogenated alkanes) is 13. The van der Waals surface area contributed by atoms with E-state index < -0.39 is 0 Å². The van der Waals surface area contributed by atoms with Gasteiger partial charge in [0, 0.05) is 6.04 Å². The van der Waals surface area contributed by atoms with E-state index in [-0.39, 0.29) is 6.04 Å². The van der Waals surface area contributed by atoms with Crippen LogP contribution in [0.25, 0.3) is 0 Å². The molecule has 0 aliphatic heterocycles. The molecule has 0 amide bonds. The van der Waals surface area contributed by atoms with E-state index >= 15 is 0 Å². The lowest BCUT2D eigenvalue weighted by atomic mass is 10.0. The van der Waals surface area contributed by atoms with Crippen molar-refractivity contribution in [2.24, 2.45) is 5.73 Å². The van der Waals surface area contributed by atoms with Crippen LogP contribution in [0.3, 0.4) is 0 Å². The fourth-order valence-corrected chi connectivity index (χ4v) is 2.81. The minimum Gasteiger partial charge on any atom is -0.324 e. The van der Waals surface area contributed by atoms with Gasteiger partial charge in [-0.25, -0.2) is 0 Å². The quantitative estimate of drug-likeness (QED) is 0.247. The van der Waals surface area contributed by atoms with Crippen LogP contribution < -0.4 is 5.73 Å². The van der Waals surface area contributed by atoms with E-state index in [1.54, 1.807) is 0 Å². The van der Waals surface area contributed by atoms with Crippen LogP contribution in [0.15, 0.2) is 12.2 Å². The van der Waals surface area contributed by atoms with Gasteiger partial charge in [0.2, 0.25) is 0 Å². The molecule has 0 saturated heterocycles. The van der Waals surface area contributed by atoms with E-state index in [1.807, 2.05) is 6.92 Å². The molecule has 0 rings (SSSR count). The zero-order valence-corrected chi connectivity index (χ0v) is 15.0. The van der Waals surface area contributed by atoms with Crippen LogP contribution in [0.5, 0.6) is 0 Å². The third-order valence-electron chi connectivity index (χ3n) is 4.50. The van der Waals surface area contributed by atoms with E-state index in [4.69, 9.17) is 5.73 Å². The monoisotopic (exact) mass is 295 g/mol. The SMILES string of the molecule is C=C(C)C(N)CCCCCCCCCCCCCCCC. The van der Waals surface area contributed by atoms with Gasteiger partial charge in [-0.3, -0.25) is 0 Å². The molecule has 0 heterocycles. The van der Waals surface area contributed by atoms with Crippen molar-refractivity contribution in [2.75, 3.05) is 0 Å². The van der Waals surface area contributed by atoms with Gasteiger partial charge in [-0.15, -0.1) is 0 Å². The zero-order valence-electron chi connectivity index (χ0n) is 15.0. The molecule has 0 spiro atoms. The molecule has 2 N–H and O–H groups in total. The first-order chi connectivity index (χ1) is 10.2. The Morgan fingerprint density at radius 1 is 0.714 bits per heavy atom. The minimum atomic E-state index is 0.224. The predicted octanol–water partition coefficient (Wildman–Crippen LogP) is 6.76. The summed E-state index contributed by atoms with van der Waals surface area (Å²) >= 11 is 0. The fourth-order valence-electron chi connectivity index (χ4n) is 2.81. The Morgan fingerprint density at radius 3 is 1.38 bits per heavy atom. The third kappa shape index (κ3) is 15.9. The average Bonchev–Trinajstić information content (AvgIpc) is 2.47. The molecular formula is C20H41N. The van der Waals surface area contributed by atoms with Crippen molar-refractivity contribution in [3.8, 4) is 0 Å². The van der Waals surface area contributed by atoms with Crippen molar-refractivity contribution in [3.63, 3.8) is 0 Å². The van der Waals surface area contributed by atoms with Crippen molar-refractivity contribution in [1.82, 2.24) is 0 Å². The summed E-state index contributed by atoms with van der Waals surface area (Å²) in [4.78, 5) is 0. The molecule has 126 valence electrons. The Balaban J connectivity index is 3.04. The molecule has 1 atom stereocenters. The normalized spacial score (nSPS) is 12.5. The number of rotatable bonds is 16. The van der Waals surface area contributed by atoms with Crippen molar-refractivity contribution in [2.45, 2.75) is 116 Å². The molecule has 0 aromatic carbocycles. The van der Waals surface area contributed by atoms with Gasteiger partial charge in [-0.2, -0.15) is 0 Å². The van der Waals surface area contributed by atoms with Crippen LogP contribution in [0.1, 0.15) is 110 Å². The Bertz CT molecular complexity index is 222.